The first kappa shape index (κ1) is 25.4. The van der Waals surface area contributed by atoms with Crippen molar-refractivity contribution >= 4 is 23.4 Å². The molecule has 2 aromatic carbocycles. The molecule has 0 bridgehead atoms. The number of aliphatic hydroxyl groups is 1. The summed E-state index contributed by atoms with van der Waals surface area (Å²) in [5.74, 6) is 2.84. The van der Waals surface area contributed by atoms with Gasteiger partial charge < -0.3 is 24.6 Å². The summed E-state index contributed by atoms with van der Waals surface area (Å²) in [7, 11) is 1.60. The average molecular weight is 474 g/mol. The Morgan fingerprint density at radius 1 is 1.15 bits per heavy atom. The zero-order valence-corrected chi connectivity index (χ0v) is 21.0. The normalized spacial score (nSPS) is 14.6. The number of amides is 1. The number of nitrogens with one attached hydrogen (secondary N) is 1. The molecule has 1 amide bonds. The van der Waals surface area contributed by atoms with Crippen molar-refractivity contribution in [3.05, 3.63) is 47.5 Å². The van der Waals surface area contributed by atoms with Gasteiger partial charge in [-0.05, 0) is 55.7 Å². The van der Waals surface area contributed by atoms with Crippen molar-refractivity contribution in [2.75, 3.05) is 19.0 Å². The van der Waals surface area contributed by atoms with Crippen molar-refractivity contribution in [1.82, 2.24) is 0 Å². The van der Waals surface area contributed by atoms with E-state index in [9.17, 15) is 9.90 Å². The van der Waals surface area contributed by atoms with E-state index in [0.29, 0.717) is 30.3 Å². The smallest absolute Gasteiger partial charge is 0.227 e. The standard InChI is InChI=1S/C26H35NO5S/c1-6-31-24(28)14-17-7-11-22(30-5)23(13-17)32-21-12-10-20(27-25(29)18-8-9-18)15-19(21)16-33-26(2,3)4/h7,10-13,15,18,24,28H,6,8-9,14,16H2,1-5H3,(H,27,29). The predicted molar refractivity (Wildman–Crippen MR) is 133 cm³/mol. The van der Waals surface area contributed by atoms with Gasteiger partial charge in [0.05, 0.1) is 7.11 Å². The number of aliphatic hydroxyl groups excluding tert-OH is 1. The van der Waals surface area contributed by atoms with Crippen molar-refractivity contribution in [3.63, 3.8) is 0 Å². The first-order valence-corrected chi connectivity index (χ1v) is 12.4. The zero-order valence-electron chi connectivity index (χ0n) is 20.1. The van der Waals surface area contributed by atoms with Gasteiger partial charge in [-0.3, -0.25) is 4.79 Å². The van der Waals surface area contributed by atoms with E-state index in [1.165, 1.54) is 0 Å². The molecular formula is C26H35NO5S. The molecule has 0 radical (unpaired) electrons. The lowest BCUT2D eigenvalue weighted by atomic mass is 10.1. The Balaban J connectivity index is 1.86. The van der Waals surface area contributed by atoms with E-state index < -0.39 is 6.29 Å². The molecule has 1 fully saturated rings. The minimum atomic E-state index is -0.871. The number of benzene rings is 2. The van der Waals surface area contributed by atoms with Gasteiger partial charge >= 0.3 is 0 Å². The van der Waals surface area contributed by atoms with E-state index >= 15 is 0 Å². The molecule has 0 saturated heterocycles. The molecule has 1 atom stereocenters. The maximum Gasteiger partial charge on any atom is 0.227 e. The third-order valence-corrected chi connectivity index (χ3v) is 6.48. The third-order valence-electron chi connectivity index (χ3n) is 5.15. The van der Waals surface area contributed by atoms with Crippen molar-refractivity contribution in [2.45, 2.75) is 63.7 Å². The molecule has 0 heterocycles. The van der Waals surface area contributed by atoms with Crippen LogP contribution in [0.4, 0.5) is 5.69 Å². The van der Waals surface area contributed by atoms with Crippen LogP contribution in [0.15, 0.2) is 36.4 Å². The number of hydrogen-bond acceptors (Lipinski definition) is 6. The van der Waals surface area contributed by atoms with E-state index in [-0.39, 0.29) is 16.6 Å². The van der Waals surface area contributed by atoms with Crippen LogP contribution in [0.3, 0.4) is 0 Å². The Labute approximate surface area is 201 Å². The monoisotopic (exact) mass is 473 g/mol. The molecule has 3 rings (SSSR count). The fraction of sp³-hybridized carbons (Fsp3) is 0.500. The highest BCUT2D eigenvalue weighted by atomic mass is 32.2. The molecule has 1 unspecified atom stereocenters. The van der Waals surface area contributed by atoms with E-state index in [1.807, 2.05) is 55.1 Å². The average Bonchev–Trinajstić information content (AvgIpc) is 3.59. The Kier molecular flexibility index (Phi) is 8.68. The van der Waals surface area contributed by atoms with Gasteiger partial charge in [-0.1, -0.05) is 26.8 Å². The second-order valence-electron chi connectivity index (χ2n) is 9.19. The third kappa shape index (κ3) is 7.95. The zero-order chi connectivity index (χ0) is 24.0. The lowest BCUT2D eigenvalue weighted by molar-refractivity contribution is -0.117. The minimum Gasteiger partial charge on any atom is -0.493 e. The minimum absolute atomic E-state index is 0.0809. The van der Waals surface area contributed by atoms with Crippen molar-refractivity contribution in [1.29, 1.82) is 0 Å². The van der Waals surface area contributed by atoms with E-state index in [2.05, 4.69) is 26.1 Å². The van der Waals surface area contributed by atoms with Gasteiger partial charge in [-0.15, -0.1) is 0 Å². The van der Waals surface area contributed by atoms with Crippen LogP contribution in [-0.2, 0) is 21.7 Å². The molecule has 6 nitrogen and oxygen atoms in total. The number of rotatable bonds is 11. The van der Waals surface area contributed by atoms with E-state index in [4.69, 9.17) is 14.2 Å². The molecule has 0 spiro atoms. The van der Waals surface area contributed by atoms with Crippen LogP contribution in [0, 0.1) is 5.92 Å². The van der Waals surface area contributed by atoms with Crippen molar-refractivity contribution in [3.8, 4) is 17.2 Å². The van der Waals surface area contributed by atoms with E-state index in [0.717, 1.165) is 35.4 Å². The second-order valence-corrected chi connectivity index (χ2v) is 11.0. The van der Waals surface area contributed by atoms with Gasteiger partial charge in [0, 0.05) is 40.7 Å². The van der Waals surface area contributed by atoms with Crippen LogP contribution in [0.25, 0.3) is 0 Å². The van der Waals surface area contributed by atoms with Crippen molar-refractivity contribution < 1.29 is 24.1 Å². The fourth-order valence-corrected chi connectivity index (χ4v) is 4.07. The van der Waals surface area contributed by atoms with Crippen LogP contribution in [0.1, 0.15) is 51.7 Å². The summed E-state index contributed by atoms with van der Waals surface area (Å²) in [6.45, 7) is 8.81. The number of carbonyl (C=O) groups is 1. The molecule has 1 aliphatic carbocycles. The first-order chi connectivity index (χ1) is 15.7. The number of anilines is 1. The summed E-state index contributed by atoms with van der Waals surface area (Å²) in [5, 5.41) is 13.0. The largest absolute Gasteiger partial charge is 0.493 e. The molecule has 7 heteroatoms. The van der Waals surface area contributed by atoms with Crippen LogP contribution >= 0.6 is 11.8 Å². The molecule has 1 aliphatic rings. The van der Waals surface area contributed by atoms with Gasteiger partial charge in [0.1, 0.15) is 5.75 Å². The van der Waals surface area contributed by atoms with E-state index in [1.54, 1.807) is 7.11 Å². The topological polar surface area (TPSA) is 77.0 Å². The predicted octanol–water partition coefficient (Wildman–Crippen LogP) is 5.77. The number of ether oxygens (including phenoxy) is 3. The summed E-state index contributed by atoms with van der Waals surface area (Å²) in [6.07, 6.45) is 1.42. The Bertz CT molecular complexity index is 952. The number of hydrogen-bond donors (Lipinski definition) is 2. The molecule has 2 aromatic rings. The molecular weight excluding hydrogens is 438 g/mol. The van der Waals surface area contributed by atoms with Crippen LogP contribution in [0.2, 0.25) is 0 Å². The van der Waals surface area contributed by atoms with Crippen LogP contribution in [-0.4, -0.2) is 35.8 Å². The fourth-order valence-electron chi connectivity index (χ4n) is 3.25. The summed E-state index contributed by atoms with van der Waals surface area (Å²) >= 11 is 1.81. The van der Waals surface area contributed by atoms with Crippen LogP contribution < -0.4 is 14.8 Å². The highest BCUT2D eigenvalue weighted by molar-refractivity contribution is 7.99. The summed E-state index contributed by atoms with van der Waals surface area (Å²) in [6, 6.07) is 11.3. The second kappa shape index (κ2) is 11.3. The maximum atomic E-state index is 12.2. The Hall–Kier alpha value is -2.22. The maximum absolute atomic E-state index is 12.2. The molecule has 1 saturated carbocycles. The van der Waals surface area contributed by atoms with Gasteiger partial charge in [-0.25, -0.2) is 0 Å². The highest BCUT2D eigenvalue weighted by Crippen LogP contribution is 2.38. The highest BCUT2D eigenvalue weighted by Gasteiger charge is 2.29. The van der Waals surface area contributed by atoms with Gasteiger partial charge in [0.25, 0.3) is 0 Å². The molecule has 180 valence electrons. The lowest BCUT2D eigenvalue weighted by Crippen LogP contribution is -2.14. The quantitative estimate of drug-likeness (QED) is 0.404. The molecule has 33 heavy (non-hydrogen) atoms. The molecule has 2 N–H and O–H groups in total. The lowest BCUT2D eigenvalue weighted by Gasteiger charge is -2.20. The van der Waals surface area contributed by atoms with Crippen molar-refractivity contribution in [2.24, 2.45) is 5.92 Å². The molecule has 0 aromatic heterocycles. The Morgan fingerprint density at radius 3 is 2.52 bits per heavy atom. The van der Waals surface area contributed by atoms with Gasteiger partial charge in [0.2, 0.25) is 5.91 Å². The first-order valence-electron chi connectivity index (χ1n) is 11.4. The van der Waals surface area contributed by atoms with Gasteiger partial charge in [-0.2, -0.15) is 11.8 Å². The number of methoxy groups -OCH3 is 1. The van der Waals surface area contributed by atoms with Gasteiger partial charge in [0.15, 0.2) is 17.8 Å². The SMILES string of the molecule is CCOC(O)Cc1ccc(OC)c(Oc2ccc(NC(=O)C3CC3)cc2CSC(C)(C)C)c1. The number of thioether (sulfide) groups is 1. The summed E-state index contributed by atoms with van der Waals surface area (Å²) < 4.78 is 17.2. The molecule has 0 aliphatic heterocycles. The number of carbonyl (C=O) groups excluding carboxylic acids is 1. The summed E-state index contributed by atoms with van der Waals surface area (Å²) in [4.78, 5) is 12.2. The summed E-state index contributed by atoms with van der Waals surface area (Å²) in [5.41, 5.74) is 2.65. The Morgan fingerprint density at radius 2 is 1.88 bits per heavy atom. The van der Waals surface area contributed by atoms with Crippen LogP contribution in [0.5, 0.6) is 17.2 Å².